The van der Waals surface area contributed by atoms with E-state index in [1.807, 2.05) is 87.7 Å². The summed E-state index contributed by atoms with van der Waals surface area (Å²) in [5, 5.41) is 8.90. The molecule has 0 spiro atoms. The molecule has 5 nitrogen and oxygen atoms in total. The molecule has 6 heteroatoms. The van der Waals surface area contributed by atoms with Gasteiger partial charge in [0, 0.05) is 28.7 Å². The van der Waals surface area contributed by atoms with Gasteiger partial charge in [0.2, 0.25) is 0 Å². The van der Waals surface area contributed by atoms with E-state index < -0.39 is 15.7 Å². The zero-order valence-corrected chi connectivity index (χ0v) is 17.1. The molecule has 27 heavy (non-hydrogen) atoms. The van der Waals surface area contributed by atoms with Gasteiger partial charge in [0.05, 0.1) is 4.75 Å². The molecule has 140 valence electrons. The maximum atomic E-state index is 12.4. The molecular weight excluding hydrogens is 356 g/mol. The lowest BCUT2D eigenvalue weighted by atomic mass is 10.1. The number of aromatic nitrogens is 3. The van der Waals surface area contributed by atoms with Crippen molar-refractivity contribution in [3.63, 3.8) is 0 Å². The van der Waals surface area contributed by atoms with Crippen molar-refractivity contribution in [2.24, 2.45) is 4.40 Å². The summed E-state index contributed by atoms with van der Waals surface area (Å²) in [6, 6.07) is 15.9. The molecular formula is C21H24N4OS. The number of rotatable bonds is 4. The first-order valence-electron chi connectivity index (χ1n) is 8.82. The molecule has 2 aromatic heterocycles. The number of benzene rings is 1. The smallest absolute Gasteiger partial charge is 0.160 e. The highest BCUT2D eigenvalue weighted by molar-refractivity contribution is 7.85. The minimum Gasteiger partial charge on any atom is -0.302 e. The molecule has 0 unspecified atom stereocenters. The van der Waals surface area contributed by atoms with Crippen molar-refractivity contribution in [1.29, 1.82) is 0 Å². The van der Waals surface area contributed by atoms with Crippen molar-refractivity contribution in [2.45, 2.75) is 39.4 Å². The summed E-state index contributed by atoms with van der Waals surface area (Å²) in [6.45, 7) is 9.77. The van der Waals surface area contributed by atoms with Crippen molar-refractivity contribution in [3.05, 3.63) is 65.5 Å². The fourth-order valence-corrected chi connectivity index (χ4v) is 3.24. The van der Waals surface area contributed by atoms with Crippen LogP contribution in [0.15, 0.2) is 52.9 Å². The second-order valence-corrected chi connectivity index (χ2v) is 9.35. The van der Waals surface area contributed by atoms with Crippen molar-refractivity contribution in [3.8, 4) is 17.1 Å². The van der Waals surface area contributed by atoms with Crippen LogP contribution in [0.2, 0.25) is 0 Å². The summed E-state index contributed by atoms with van der Waals surface area (Å²) >= 11 is 0. The summed E-state index contributed by atoms with van der Waals surface area (Å²) in [7, 11) is -1.34. The van der Waals surface area contributed by atoms with Crippen LogP contribution in [-0.4, -0.2) is 29.9 Å². The highest BCUT2D eigenvalue weighted by atomic mass is 32.2. The van der Waals surface area contributed by atoms with E-state index >= 15 is 0 Å². The molecule has 1 aromatic carbocycles. The van der Waals surface area contributed by atoms with Crippen LogP contribution in [0, 0.1) is 13.8 Å². The highest BCUT2D eigenvalue weighted by Crippen LogP contribution is 2.23. The Morgan fingerprint density at radius 2 is 1.63 bits per heavy atom. The minimum absolute atomic E-state index is 0.416. The van der Waals surface area contributed by atoms with Crippen LogP contribution in [-0.2, 0) is 11.0 Å². The molecule has 0 amide bonds. The van der Waals surface area contributed by atoms with Crippen LogP contribution < -0.4 is 0 Å². The van der Waals surface area contributed by atoms with Gasteiger partial charge in [0.25, 0.3) is 0 Å². The summed E-state index contributed by atoms with van der Waals surface area (Å²) in [5.74, 6) is 0.720. The van der Waals surface area contributed by atoms with Crippen LogP contribution in [0.25, 0.3) is 17.1 Å². The maximum Gasteiger partial charge on any atom is 0.160 e. The number of aryl methyl sites for hydroxylation is 2. The van der Waals surface area contributed by atoms with E-state index in [-0.39, 0.29) is 0 Å². The second-order valence-electron chi connectivity index (χ2n) is 7.42. The summed E-state index contributed by atoms with van der Waals surface area (Å²) in [4.78, 5) is 0. The van der Waals surface area contributed by atoms with Gasteiger partial charge in [-0.3, -0.25) is 0 Å². The third-order valence-corrected chi connectivity index (χ3v) is 5.51. The molecule has 0 N–H and O–H groups in total. The van der Waals surface area contributed by atoms with Gasteiger partial charge in [-0.15, -0.1) is 10.2 Å². The largest absolute Gasteiger partial charge is 0.302 e. The number of hydrogen-bond acceptors (Lipinski definition) is 3. The predicted octanol–water partition coefficient (Wildman–Crippen LogP) is 4.43. The molecule has 0 aliphatic carbocycles. The minimum atomic E-state index is -1.34. The predicted molar refractivity (Wildman–Crippen MR) is 112 cm³/mol. The first-order chi connectivity index (χ1) is 12.8. The molecule has 0 saturated heterocycles. The van der Waals surface area contributed by atoms with Crippen molar-refractivity contribution in [1.82, 2.24) is 14.8 Å². The van der Waals surface area contributed by atoms with Gasteiger partial charge in [0.15, 0.2) is 5.82 Å². The van der Waals surface area contributed by atoms with E-state index in [0.29, 0.717) is 0 Å². The molecule has 0 aliphatic rings. The van der Waals surface area contributed by atoms with Crippen molar-refractivity contribution >= 4 is 17.2 Å². The molecule has 0 saturated carbocycles. The van der Waals surface area contributed by atoms with Crippen LogP contribution in [0.3, 0.4) is 0 Å². The Kier molecular flexibility index (Phi) is 5.37. The lowest BCUT2D eigenvalue weighted by Crippen LogP contribution is -2.19. The average Bonchev–Trinajstić information content (AvgIpc) is 2.97. The maximum absolute atomic E-state index is 12.4. The zero-order valence-electron chi connectivity index (χ0n) is 16.3. The van der Waals surface area contributed by atoms with E-state index in [2.05, 4.69) is 14.6 Å². The van der Waals surface area contributed by atoms with E-state index in [1.165, 1.54) is 0 Å². The van der Waals surface area contributed by atoms with E-state index in [9.17, 15) is 4.21 Å². The van der Waals surface area contributed by atoms with Crippen molar-refractivity contribution < 1.29 is 4.21 Å². The van der Waals surface area contributed by atoms with Gasteiger partial charge < -0.3 is 4.57 Å². The first kappa shape index (κ1) is 19.2. The quantitative estimate of drug-likeness (QED) is 0.629. The van der Waals surface area contributed by atoms with Gasteiger partial charge in [-0.25, -0.2) is 4.21 Å². The van der Waals surface area contributed by atoms with E-state index in [4.69, 9.17) is 0 Å². The standard InChI is InChI=1S/C21H24N4OS/c1-15-11-12-16(2)25(15)19-13-18(14-22-27(26)21(3,4)5)20(24-23-19)17-9-7-6-8-10-17/h6-14H,1-5H3/t27-/m1/s1. The summed E-state index contributed by atoms with van der Waals surface area (Å²) in [5.41, 5.74) is 4.61. The van der Waals surface area contributed by atoms with Gasteiger partial charge in [-0.05, 0) is 52.8 Å². The normalized spacial score (nSPS) is 13.2. The fraction of sp³-hybridized carbons (Fsp3) is 0.286. The Balaban J connectivity index is 2.13. The SMILES string of the molecule is Cc1ccc(C)n1-c1cc(C=N[S@](=O)C(C)(C)C)c(-c2ccccc2)nn1. The van der Waals surface area contributed by atoms with Crippen LogP contribution in [0.1, 0.15) is 37.7 Å². The Morgan fingerprint density at radius 3 is 2.22 bits per heavy atom. The first-order valence-corrected chi connectivity index (χ1v) is 9.92. The van der Waals surface area contributed by atoms with E-state index in [0.717, 1.165) is 34.0 Å². The van der Waals surface area contributed by atoms with Gasteiger partial charge in [0.1, 0.15) is 16.7 Å². The lowest BCUT2D eigenvalue weighted by molar-refractivity contribution is 0.651. The van der Waals surface area contributed by atoms with Gasteiger partial charge in [-0.1, -0.05) is 30.3 Å². The summed E-state index contributed by atoms with van der Waals surface area (Å²) in [6.07, 6.45) is 1.65. The van der Waals surface area contributed by atoms with E-state index in [1.54, 1.807) is 6.21 Å². The topological polar surface area (TPSA) is 60.1 Å². The number of nitrogens with zero attached hydrogens (tertiary/aromatic N) is 4. The summed E-state index contributed by atoms with van der Waals surface area (Å²) < 4.78 is 18.3. The molecule has 0 radical (unpaired) electrons. The Bertz CT molecular complexity index is 981. The molecule has 3 rings (SSSR count). The van der Waals surface area contributed by atoms with Crippen molar-refractivity contribution in [2.75, 3.05) is 0 Å². The third-order valence-electron chi connectivity index (χ3n) is 4.17. The highest BCUT2D eigenvalue weighted by Gasteiger charge is 2.19. The van der Waals surface area contributed by atoms with Crippen LogP contribution in [0.5, 0.6) is 0 Å². The van der Waals surface area contributed by atoms with Gasteiger partial charge >= 0.3 is 0 Å². The Labute approximate surface area is 162 Å². The van der Waals surface area contributed by atoms with Gasteiger partial charge in [-0.2, -0.15) is 4.40 Å². The Hall–Kier alpha value is -2.60. The van der Waals surface area contributed by atoms with Crippen LogP contribution in [0.4, 0.5) is 0 Å². The molecule has 0 bridgehead atoms. The number of hydrogen-bond donors (Lipinski definition) is 0. The monoisotopic (exact) mass is 380 g/mol. The second kappa shape index (κ2) is 7.56. The molecule has 0 fully saturated rings. The average molecular weight is 381 g/mol. The third kappa shape index (κ3) is 4.22. The lowest BCUT2D eigenvalue weighted by Gasteiger charge is -2.13. The van der Waals surface area contributed by atoms with Crippen LogP contribution >= 0.6 is 0 Å². The fourth-order valence-electron chi connectivity index (χ4n) is 2.72. The molecule has 0 aliphatic heterocycles. The zero-order chi connectivity index (χ0) is 19.6. The Morgan fingerprint density at radius 1 is 1.00 bits per heavy atom. The molecule has 1 atom stereocenters. The molecule has 2 heterocycles. The molecule has 3 aromatic rings.